The summed E-state index contributed by atoms with van der Waals surface area (Å²) in [4.78, 5) is 15.7. The largest absolute Gasteiger partial charge is 0.422 e. The summed E-state index contributed by atoms with van der Waals surface area (Å²) in [6, 6.07) is 6.38. The van der Waals surface area contributed by atoms with Crippen LogP contribution < -0.4 is 15.8 Å². The minimum absolute atomic E-state index is 0.101. The third-order valence-corrected chi connectivity index (χ3v) is 13.1. The number of benzene rings is 1. The zero-order valence-corrected chi connectivity index (χ0v) is 23.7. The lowest BCUT2D eigenvalue weighted by Crippen LogP contribution is -2.60. The number of anilines is 1. The van der Waals surface area contributed by atoms with Gasteiger partial charge in [-0.1, -0.05) is 20.8 Å². The van der Waals surface area contributed by atoms with Crippen molar-refractivity contribution in [1.82, 2.24) is 5.32 Å². The first-order valence-corrected chi connectivity index (χ1v) is 15.2. The zero-order valence-electron chi connectivity index (χ0n) is 23.7. The average Bonchev–Trinajstić information content (AvgIpc) is 3.18. The maximum atomic E-state index is 13.7. The lowest BCUT2D eigenvalue weighted by Gasteiger charge is -2.63. The second-order valence-electron chi connectivity index (χ2n) is 14.5. The summed E-state index contributed by atoms with van der Waals surface area (Å²) < 4.78 is 6.07. The molecule has 4 nitrogen and oxygen atoms in total. The van der Waals surface area contributed by atoms with Crippen LogP contribution in [-0.4, -0.2) is 20.6 Å². The molecule has 4 saturated carbocycles. The van der Waals surface area contributed by atoms with Gasteiger partial charge in [-0.05, 0) is 122 Å². The standard InChI is InChI=1S/C33H46N2O2/c1-20-6-11-26-25-9-7-21-19-33(16-15-32(21,3)27(25)12-14-31(20,26)2)29-24(13-17-34-33)23-10-8-22(35(4)5)18-28(23)37-30(29)36/h8,10,18,20-21,25-27,34H,6-7,9,11-17,19H2,1-5H3/t20-,21-,25-,26-,27-,31+,32-,33+/m0/s1. The third-order valence-electron chi connectivity index (χ3n) is 13.1. The molecule has 0 saturated heterocycles. The van der Waals surface area contributed by atoms with Gasteiger partial charge < -0.3 is 14.6 Å². The molecule has 0 amide bonds. The molecular formula is C33H46N2O2. The first-order chi connectivity index (χ1) is 17.7. The van der Waals surface area contributed by atoms with Gasteiger partial charge in [-0.3, -0.25) is 0 Å². The molecule has 1 N–H and O–H groups in total. The maximum absolute atomic E-state index is 13.7. The van der Waals surface area contributed by atoms with E-state index in [2.05, 4.69) is 43.1 Å². The van der Waals surface area contributed by atoms with Crippen molar-refractivity contribution >= 4 is 16.7 Å². The van der Waals surface area contributed by atoms with Crippen molar-refractivity contribution < 1.29 is 4.42 Å². The Labute approximate surface area is 222 Å². The molecule has 4 heteroatoms. The van der Waals surface area contributed by atoms with Crippen LogP contribution in [0.4, 0.5) is 5.69 Å². The van der Waals surface area contributed by atoms with Gasteiger partial charge in [-0.25, -0.2) is 4.79 Å². The second-order valence-corrected chi connectivity index (χ2v) is 14.5. The summed E-state index contributed by atoms with van der Waals surface area (Å²) in [5.41, 5.74) is 4.71. The van der Waals surface area contributed by atoms with Gasteiger partial charge in [0.1, 0.15) is 5.58 Å². The van der Waals surface area contributed by atoms with Crippen molar-refractivity contribution in [2.75, 3.05) is 25.5 Å². The normalized spacial score (nSPS) is 42.7. The highest BCUT2D eigenvalue weighted by atomic mass is 16.4. The van der Waals surface area contributed by atoms with E-state index in [9.17, 15) is 4.79 Å². The van der Waals surface area contributed by atoms with Crippen molar-refractivity contribution in [2.45, 2.75) is 90.5 Å². The van der Waals surface area contributed by atoms with Crippen LogP contribution in [0.3, 0.4) is 0 Å². The molecule has 0 bridgehead atoms. The van der Waals surface area contributed by atoms with Gasteiger partial charge in [0.15, 0.2) is 0 Å². The van der Waals surface area contributed by atoms with Crippen LogP contribution in [-0.2, 0) is 12.0 Å². The van der Waals surface area contributed by atoms with Crippen LogP contribution in [0.5, 0.6) is 0 Å². The van der Waals surface area contributed by atoms with Gasteiger partial charge >= 0.3 is 5.63 Å². The Kier molecular flexibility index (Phi) is 5.31. The number of fused-ring (bicyclic) bond motifs is 9. The van der Waals surface area contributed by atoms with Crippen LogP contribution in [0, 0.1) is 40.4 Å². The van der Waals surface area contributed by atoms with E-state index in [0.29, 0.717) is 16.7 Å². The average molecular weight is 503 g/mol. The second kappa shape index (κ2) is 8.10. The first kappa shape index (κ1) is 24.2. The number of hydrogen-bond acceptors (Lipinski definition) is 4. The van der Waals surface area contributed by atoms with Gasteiger partial charge in [0.05, 0.1) is 11.1 Å². The lowest BCUT2D eigenvalue weighted by molar-refractivity contribution is -0.124. The highest BCUT2D eigenvalue weighted by Gasteiger charge is 2.61. The molecule has 5 aliphatic rings. The third kappa shape index (κ3) is 3.26. The minimum atomic E-state index is -0.218. The Morgan fingerprint density at radius 3 is 2.59 bits per heavy atom. The van der Waals surface area contributed by atoms with Gasteiger partial charge in [-0.15, -0.1) is 0 Å². The SMILES string of the molecule is C[C@H]1CC[C@H]2[C@@H]3CC[C@H]4C[C@@]5(CC[C@]4(C)[C@H]3CC[C@]12C)NCCc1c5c(=O)oc2cc(N(C)C)ccc12. The Morgan fingerprint density at radius 1 is 0.973 bits per heavy atom. The Morgan fingerprint density at radius 2 is 1.78 bits per heavy atom. The Balaban J connectivity index is 1.24. The molecule has 37 heavy (non-hydrogen) atoms. The number of nitrogens with one attached hydrogen (secondary N) is 1. The first-order valence-electron chi connectivity index (χ1n) is 15.2. The summed E-state index contributed by atoms with van der Waals surface area (Å²) in [5.74, 6) is 4.31. The molecule has 1 aromatic heterocycles. The monoisotopic (exact) mass is 502 g/mol. The maximum Gasteiger partial charge on any atom is 0.341 e. The highest BCUT2D eigenvalue weighted by molar-refractivity contribution is 5.85. The summed E-state index contributed by atoms with van der Waals surface area (Å²) in [6.07, 6.45) is 12.8. The number of hydrogen-bond donors (Lipinski definition) is 1. The molecule has 1 spiro atoms. The van der Waals surface area contributed by atoms with E-state index < -0.39 is 0 Å². The van der Waals surface area contributed by atoms with Gasteiger partial charge in [0.2, 0.25) is 0 Å². The predicted octanol–water partition coefficient (Wildman–Crippen LogP) is 6.88. The molecule has 2 heterocycles. The fraction of sp³-hybridized carbons (Fsp3) is 0.727. The molecule has 8 atom stereocenters. The van der Waals surface area contributed by atoms with Crippen molar-refractivity contribution in [3.63, 3.8) is 0 Å². The molecule has 0 radical (unpaired) electrons. The van der Waals surface area contributed by atoms with Gasteiger partial charge in [0.25, 0.3) is 0 Å². The quantitative estimate of drug-likeness (QED) is 0.432. The van der Waals surface area contributed by atoms with Crippen molar-refractivity contribution in [3.05, 3.63) is 39.7 Å². The van der Waals surface area contributed by atoms with Crippen LogP contribution in [0.1, 0.15) is 89.7 Å². The molecule has 7 rings (SSSR count). The summed E-state index contributed by atoms with van der Waals surface area (Å²) >= 11 is 0. The summed E-state index contributed by atoms with van der Waals surface area (Å²) in [7, 11) is 4.06. The summed E-state index contributed by atoms with van der Waals surface area (Å²) in [5, 5.41) is 5.07. The van der Waals surface area contributed by atoms with Crippen LogP contribution in [0.2, 0.25) is 0 Å². The fourth-order valence-corrected chi connectivity index (χ4v) is 10.7. The Bertz CT molecular complexity index is 1300. The van der Waals surface area contributed by atoms with Crippen molar-refractivity contribution in [2.24, 2.45) is 40.4 Å². The molecule has 1 aliphatic heterocycles. The van der Waals surface area contributed by atoms with Crippen molar-refractivity contribution in [3.8, 4) is 0 Å². The van der Waals surface area contributed by atoms with E-state index in [1.165, 1.54) is 50.5 Å². The molecule has 4 fully saturated rings. The van der Waals surface area contributed by atoms with E-state index in [1.807, 2.05) is 20.2 Å². The van der Waals surface area contributed by atoms with E-state index in [4.69, 9.17) is 4.42 Å². The van der Waals surface area contributed by atoms with E-state index in [-0.39, 0.29) is 11.2 Å². The van der Waals surface area contributed by atoms with Gasteiger partial charge in [0, 0.05) is 37.8 Å². The topological polar surface area (TPSA) is 45.5 Å². The zero-order chi connectivity index (χ0) is 25.7. The molecule has 0 unspecified atom stereocenters. The van der Waals surface area contributed by atoms with Gasteiger partial charge in [-0.2, -0.15) is 0 Å². The Hall–Kier alpha value is -1.81. The lowest BCUT2D eigenvalue weighted by atomic mass is 9.43. The molecule has 1 aromatic carbocycles. The number of rotatable bonds is 1. The predicted molar refractivity (Wildman–Crippen MR) is 151 cm³/mol. The van der Waals surface area contributed by atoms with Crippen LogP contribution in [0.25, 0.3) is 11.0 Å². The van der Waals surface area contributed by atoms with Crippen LogP contribution in [0.15, 0.2) is 27.4 Å². The fourth-order valence-electron chi connectivity index (χ4n) is 10.7. The number of nitrogens with zero attached hydrogens (tertiary/aromatic N) is 1. The minimum Gasteiger partial charge on any atom is -0.422 e. The van der Waals surface area contributed by atoms with Crippen LogP contribution >= 0.6 is 0 Å². The molecular weight excluding hydrogens is 456 g/mol. The smallest absolute Gasteiger partial charge is 0.341 e. The van der Waals surface area contributed by atoms with E-state index in [0.717, 1.165) is 71.7 Å². The van der Waals surface area contributed by atoms with Crippen molar-refractivity contribution in [1.29, 1.82) is 0 Å². The summed E-state index contributed by atoms with van der Waals surface area (Å²) in [6.45, 7) is 8.76. The molecule has 2 aromatic rings. The molecule has 200 valence electrons. The van der Waals surface area contributed by atoms with E-state index in [1.54, 1.807) is 0 Å². The molecule has 4 aliphatic carbocycles. The highest BCUT2D eigenvalue weighted by Crippen LogP contribution is 2.68. The van der Waals surface area contributed by atoms with E-state index >= 15 is 0 Å².